The maximum atomic E-state index is 11.2. The number of hydrogen-bond acceptors (Lipinski definition) is 1. The molecule has 0 aliphatic carbocycles. The second kappa shape index (κ2) is 5.71. The van der Waals surface area contributed by atoms with Crippen LogP contribution in [-0.4, -0.2) is 17.4 Å². The zero-order valence-electron chi connectivity index (χ0n) is 7.05. The van der Waals surface area contributed by atoms with Gasteiger partial charge in [0.25, 0.3) is 0 Å². The van der Waals surface area contributed by atoms with Gasteiger partial charge < -0.3 is 4.90 Å². The third-order valence-electron chi connectivity index (χ3n) is 1.33. The first-order chi connectivity index (χ1) is 5.26. The number of amides is 1. The van der Waals surface area contributed by atoms with Crippen LogP contribution in [0.2, 0.25) is 0 Å². The predicted octanol–water partition coefficient (Wildman–Crippen LogP) is 1.94. The SMILES string of the molecule is C=CCN(C=C)C(=O)CCC. The highest BCUT2D eigenvalue weighted by Gasteiger charge is 2.05. The number of rotatable bonds is 5. The zero-order valence-corrected chi connectivity index (χ0v) is 7.05. The number of hydrogen-bond donors (Lipinski definition) is 0. The summed E-state index contributed by atoms with van der Waals surface area (Å²) in [7, 11) is 0. The second-order valence-corrected chi connectivity index (χ2v) is 2.27. The molecule has 2 nitrogen and oxygen atoms in total. The van der Waals surface area contributed by atoms with Crippen LogP contribution in [0.1, 0.15) is 19.8 Å². The fraction of sp³-hybridized carbons (Fsp3) is 0.444. The van der Waals surface area contributed by atoms with E-state index in [-0.39, 0.29) is 5.91 Å². The fourth-order valence-corrected chi connectivity index (χ4v) is 0.775. The van der Waals surface area contributed by atoms with E-state index >= 15 is 0 Å². The maximum absolute atomic E-state index is 11.2. The van der Waals surface area contributed by atoms with Crippen LogP contribution in [0.25, 0.3) is 0 Å². The summed E-state index contributed by atoms with van der Waals surface area (Å²) in [5.41, 5.74) is 0. The fourth-order valence-electron chi connectivity index (χ4n) is 0.775. The predicted molar refractivity (Wildman–Crippen MR) is 47.0 cm³/mol. The smallest absolute Gasteiger partial charge is 0.226 e. The quantitative estimate of drug-likeness (QED) is 0.553. The molecule has 1 amide bonds. The van der Waals surface area contributed by atoms with Gasteiger partial charge in [-0.2, -0.15) is 0 Å². The molecule has 2 heteroatoms. The molecular formula is C9H15NO. The van der Waals surface area contributed by atoms with Crippen molar-refractivity contribution in [3.63, 3.8) is 0 Å². The van der Waals surface area contributed by atoms with E-state index < -0.39 is 0 Å². The number of nitrogens with zero attached hydrogens (tertiary/aromatic N) is 1. The van der Waals surface area contributed by atoms with Crippen molar-refractivity contribution in [3.05, 3.63) is 25.4 Å². The van der Waals surface area contributed by atoms with Crippen LogP contribution in [-0.2, 0) is 4.79 Å². The number of carbonyl (C=O) groups excluding carboxylic acids is 1. The Kier molecular flexibility index (Phi) is 5.17. The molecular weight excluding hydrogens is 138 g/mol. The Balaban J connectivity index is 3.90. The zero-order chi connectivity index (χ0) is 8.69. The first-order valence-electron chi connectivity index (χ1n) is 3.79. The monoisotopic (exact) mass is 153 g/mol. The Bertz CT molecular complexity index is 152. The molecule has 0 aromatic carbocycles. The van der Waals surface area contributed by atoms with E-state index in [2.05, 4.69) is 13.2 Å². The van der Waals surface area contributed by atoms with Gasteiger partial charge in [-0.15, -0.1) is 6.58 Å². The van der Waals surface area contributed by atoms with Crippen molar-refractivity contribution in [2.45, 2.75) is 19.8 Å². The van der Waals surface area contributed by atoms with Crippen molar-refractivity contribution < 1.29 is 4.79 Å². The summed E-state index contributed by atoms with van der Waals surface area (Å²) < 4.78 is 0. The van der Waals surface area contributed by atoms with Crippen molar-refractivity contribution in [1.82, 2.24) is 4.90 Å². The first kappa shape index (κ1) is 9.95. The maximum Gasteiger partial charge on any atom is 0.226 e. The lowest BCUT2D eigenvalue weighted by atomic mass is 10.3. The molecule has 0 fully saturated rings. The lowest BCUT2D eigenvalue weighted by Crippen LogP contribution is -2.24. The molecule has 0 N–H and O–H groups in total. The molecule has 0 aliphatic rings. The van der Waals surface area contributed by atoms with Gasteiger partial charge in [0.15, 0.2) is 0 Å². The molecule has 11 heavy (non-hydrogen) atoms. The lowest BCUT2D eigenvalue weighted by Gasteiger charge is -2.14. The molecule has 0 unspecified atom stereocenters. The van der Waals surface area contributed by atoms with E-state index in [0.29, 0.717) is 13.0 Å². The Hall–Kier alpha value is -1.05. The molecule has 0 bridgehead atoms. The van der Waals surface area contributed by atoms with Crippen molar-refractivity contribution in [2.75, 3.05) is 6.54 Å². The summed E-state index contributed by atoms with van der Waals surface area (Å²) in [4.78, 5) is 12.7. The largest absolute Gasteiger partial charge is 0.316 e. The first-order valence-corrected chi connectivity index (χ1v) is 3.79. The molecule has 0 heterocycles. The normalized spacial score (nSPS) is 8.82. The average Bonchev–Trinajstić information content (AvgIpc) is 2.00. The van der Waals surface area contributed by atoms with E-state index in [1.807, 2.05) is 6.92 Å². The minimum Gasteiger partial charge on any atom is -0.316 e. The van der Waals surface area contributed by atoms with Crippen molar-refractivity contribution >= 4 is 5.91 Å². The van der Waals surface area contributed by atoms with Gasteiger partial charge in [-0.1, -0.05) is 19.6 Å². The number of carbonyl (C=O) groups is 1. The summed E-state index contributed by atoms with van der Waals surface area (Å²) in [5.74, 6) is 0.113. The summed E-state index contributed by atoms with van der Waals surface area (Å²) in [6, 6.07) is 0. The Morgan fingerprint density at radius 3 is 2.55 bits per heavy atom. The minimum atomic E-state index is 0.113. The van der Waals surface area contributed by atoms with Gasteiger partial charge in [0.2, 0.25) is 5.91 Å². The molecule has 0 spiro atoms. The van der Waals surface area contributed by atoms with Crippen LogP contribution in [0.15, 0.2) is 25.4 Å². The van der Waals surface area contributed by atoms with Crippen LogP contribution in [0, 0.1) is 0 Å². The minimum absolute atomic E-state index is 0.113. The Labute approximate surface area is 68.2 Å². The molecule has 0 saturated carbocycles. The highest BCUT2D eigenvalue weighted by atomic mass is 16.2. The third kappa shape index (κ3) is 3.61. The van der Waals surface area contributed by atoms with E-state index in [0.717, 1.165) is 6.42 Å². The third-order valence-corrected chi connectivity index (χ3v) is 1.33. The van der Waals surface area contributed by atoms with Crippen molar-refractivity contribution in [2.24, 2.45) is 0 Å². The molecule has 0 aliphatic heterocycles. The topological polar surface area (TPSA) is 20.3 Å². The van der Waals surface area contributed by atoms with Gasteiger partial charge in [-0.05, 0) is 12.6 Å². The van der Waals surface area contributed by atoms with Gasteiger partial charge in [-0.3, -0.25) is 4.79 Å². The Morgan fingerprint density at radius 1 is 1.55 bits per heavy atom. The van der Waals surface area contributed by atoms with Gasteiger partial charge >= 0.3 is 0 Å². The van der Waals surface area contributed by atoms with Crippen molar-refractivity contribution in [3.8, 4) is 0 Å². The average molecular weight is 153 g/mol. The van der Waals surface area contributed by atoms with Crippen LogP contribution in [0.3, 0.4) is 0 Å². The van der Waals surface area contributed by atoms with E-state index in [1.54, 1.807) is 17.2 Å². The highest BCUT2D eigenvalue weighted by molar-refractivity contribution is 5.77. The molecule has 0 saturated heterocycles. The van der Waals surface area contributed by atoms with E-state index in [4.69, 9.17) is 0 Å². The van der Waals surface area contributed by atoms with Crippen LogP contribution in [0.4, 0.5) is 0 Å². The van der Waals surface area contributed by atoms with Crippen LogP contribution in [0.5, 0.6) is 0 Å². The molecule has 0 aromatic heterocycles. The molecule has 0 rings (SSSR count). The second-order valence-electron chi connectivity index (χ2n) is 2.27. The molecule has 0 atom stereocenters. The van der Waals surface area contributed by atoms with Gasteiger partial charge in [0.05, 0.1) is 0 Å². The van der Waals surface area contributed by atoms with Crippen molar-refractivity contribution in [1.29, 1.82) is 0 Å². The van der Waals surface area contributed by atoms with E-state index in [1.165, 1.54) is 0 Å². The highest BCUT2D eigenvalue weighted by Crippen LogP contribution is 1.97. The summed E-state index contributed by atoms with van der Waals surface area (Å²) in [5, 5.41) is 0. The summed E-state index contributed by atoms with van der Waals surface area (Å²) >= 11 is 0. The molecule has 0 radical (unpaired) electrons. The van der Waals surface area contributed by atoms with Crippen LogP contribution >= 0.6 is 0 Å². The molecule has 62 valence electrons. The molecule has 0 aromatic rings. The van der Waals surface area contributed by atoms with Crippen LogP contribution < -0.4 is 0 Å². The van der Waals surface area contributed by atoms with Gasteiger partial charge in [-0.25, -0.2) is 0 Å². The Morgan fingerprint density at radius 2 is 2.18 bits per heavy atom. The summed E-state index contributed by atoms with van der Waals surface area (Å²) in [6.07, 6.45) is 4.69. The van der Waals surface area contributed by atoms with Gasteiger partial charge in [0, 0.05) is 13.0 Å². The van der Waals surface area contributed by atoms with E-state index in [9.17, 15) is 4.79 Å². The standard InChI is InChI=1S/C9H15NO/c1-4-7-9(11)10(6-3)8-5-2/h5-6H,2-4,7-8H2,1H3. The lowest BCUT2D eigenvalue weighted by molar-refractivity contribution is -0.128. The summed E-state index contributed by atoms with van der Waals surface area (Å²) in [6.45, 7) is 9.63. The van der Waals surface area contributed by atoms with Gasteiger partial charge in [0.1, 0.15) is 0 Å².